The van der Waals surface area contributed by atoms with Crippen LogP contribution >= 0.6 is 34.8 Å². The number of rotatable bonds is 2. The molecule has 0 saturated heterocycles. The highest BCUT2D eigenvalue weighted by atomic mass is 35.5. The van der Waals surface area contributed by atoms with Gasteiger partial charge in [0.2, 0.25) is 5.95 Å². The van der Waals surface area contributed by atoms with Gasteiger partial charge in [-0.3, -0.25) is 0 Å². The lowest BCUT2D eigenvalue weighted by molar-refractivity contribution is 0.824. The predicted molar refractivity (Wildman–Crippen MR) is 82.5 cm³/mol. The van der Waals surface area contributed by atoms with Crippen molar-refractivity contribution in [1.82, 2.24) is 14.5 Å². The molecule has 102 valence electrons. The summed E-state index contributed by atoms with van der Waals surface area (Å²) in [5, 5.41) is 2.16. The van der Waals surface area contributed by atoms with E-state index in [1.807, 2.05) is 29.0 Å². The van der Waals surface area contributed by atoms with E-state index < -0.39 is 0 Å². The summed E-state index contributed by atoms with van der Waals surface area (Å²) in [7, 11) is 0. The molecule has 2 N–H and O–H groups in total. The minimum Gasteiger partial charge on any atom is -0.368 e. The van der Waals surface area contributed by atoms with Crippen LogP contribution in [0.4, 0.5) is 5.95 Å². The van der Waals surface area contributed by atoms with E-state index in [0.29, 0.717) is 27.4 Å². The Labute approximate surface area is 130 Å². The van der Waals surface area contributed by atoms with Crippen LogP contribution in [-0.4, -0.2) is 14.5 Å². The average Bonchev–Trinajstić information content (AvgIpc) is 2.77. The van der Waals surface area contributed by atoms with Gasteiger partial charge in [-0.05, 0) is 23.8 Å². The summed E-state index contributed by atoms with van der Waals surface area (Å²) in [6, 6.07) is 7.35. The molecule has 0 aliphatic carbocycles. The molecule has 7 heteroatoms. The van der Waals surface area contributed by atoms with Gasteiger partial charge in [0.15, 0.2) is 0 Å². The number of anilines is 1. The third kappa shape index (κ3) is 2.42. The van der Waals surface area contributed by atoms with Gasteiger partial charge in [0.05, 0.1) is 15.4 Å². The number of nitrogens with two attached hydrogens (primary N) is 1. The molecule has 0 aliphatic heterocycles. The van der Waals surface area contributed by atoms with Crippen LogP contribution in [0.3, 0.4) is 0 Å². The molecule has 0 atom stereocenters. The van der Waals surface area contributed by atoms with Crippen molar-refractivity contribution in [1.29, 1.82) is 0 Å². The minimum atomic E-state index is 0.150. The molecule has 0 spiro atoms. The van der Waals surface area contributed by atoms with Gasteiger partial charge in [-0.1, -0.05) is 40.9 Å². The molecule has 3 rings (SSSR count). The highest BCUT2D eigenvalue weighted by molar-refractivity contribution is 6.42. The second kappa shape index (κ2) is 5.13. The van der Waals surface area contributed by atoms with E-state index in [2.05, 4.69) is 9.97 Å². The van der Waals surface area contributed by atoms with Crippen LogP contribution in [0.15, 0.2) is 30.5 Å². The lowest BCUT2D eigenvalue weighted by atomic mass is 10.2. The fourth-order valence-corrected chi connectivity index (χ4v) is 2.56. The van der Waals surface area contributed by atoms with Crippen molar-refractivity contribution in [2.75, 3.05) is 5.73 Å². The molecule has 2 heterocycles. The molecule has 20 heavy (non-hydrogen) atoms. The molecular weight excluding hydrogens is 319 g/mol. The molecule has 1 aromatic carbocycles. The first-order chi connectivity index (χ1) is 9.54. The first kappa shape index (κ1) is 13.5. The fraction of sp³-hybridized carbons (Fsp3) is 0.0769. The van der Waals surface area contributed by atoms with E-state index in [-0.39, 0.29) is 5.95 Å². The Hall–Kier alpha value is -1.49. The summed E-state index contributed by atoms with van der Waals surface area (Å²) in [5.74, 6) is 0.150. The van der Waals surface area contributed by atoms with Gasteiger partial charge in [-0.2, -0.15) is 4.98 Å². The van der Waals surface area contributed by atoms with E-state index in [4.69, 9.17) is 40.5 Å². The van der Waals surface area contributed by atoms with Crippen molar-refractivity contribution in [3.8, 4) is 0 Å². The first-order valence-corrected chi connectivity index (χ1v) is 6.90. The van der Waals surface area contributed by atoms with E-state index in [9.17, 15) is 0 Å². The third-order valence-electron chi connectivity index (χ3n) is 2.93. The average molecular weight is 328 g/mol. The fourth-order valence-electron chi connectivity index (χ4n) is 2.01. The van der Waals surface area contributed by atoms with Crippen molar-refractivity contribution in [2.24, 2.45) is 0 Å². The van der Waals surface area contributed by atoms with Gasteiger partial charge >= 0.3 is 0 Å². The van der Waals surface area contributed by atoms with E-state index in [1.165, 1.54) is 0 Å². The van der Waals surface area contributed by atoms with Crippen molar-refractivity contribution in [3.05, 3.63) is 51.2 Å². The van der Waals surface area contributed by atoms with Crippen LogP contribution in [0.1, 0.15) is 5.56 Å². The highest BCUT2D eigenvalue weighted by Crippen LogP contribution is 2.25. The summed E-state index contributed by atoms with van der Waals surface area (Å²) >= 11 is 18.0. The largest absolute Gasteiger partial charge is 0.368 e. The van der Waals surface area contributed by atoms with Crippen molar-refractivity contribution in [3.63, 3.8) is 0 Å². The molecule has 4 nitrogen and oxygen atoms in total. The quantitative estimate of drug-likeness (QED) is 0.723. The molecule has 0 amide bonds. The lowest BCUT2D eigenvalue weighted by Crippen LogP contribution is -2.02. The van der Waals surface area contributed by atoms with Crippen LogP contribution in [0.25, 0.3) is 11.0 Å². The summed E-state index contributed by atoms with van der Waals surface area (Å²) in [6.45, 7) is 0.590. The standard InChI is InChI=1S/C13H9Cl3N4/c14-9-2-1-7(5-10(9)15)6-20-4-3-8-11(16)18-13(17)19-12(8)20/h1-5H,6H2,(H2,17,18,19). The lowest BCUT2D eigenvalue weighted by Gasteiger charge is -2.07. The van der Waals surface area contributed by atoms with Gasteiger partial charge in [-0.15, -0.1) is 0 Å². The Kier molecular flexibility index (Phi) is 3.46. The van der Waals surface area contributed by atoms with E-state index >= 15 is 0 Å². The maximum atomic E-state index is 6.04. The Morgan fingerprint density at radius 2 is 1.85 bits per heavy atom. The van der Waals surface area contributed by atoms with Crippen molar-refractivity contribution >= 4 is 51.8 Å². The number of halogens is 3. The molecule has 0 aliphatic rings. The van der Waals surface area contributed by atoms with Crippen molar-refractivity contribution < 1.29 is 0 Å². The Bertz CT molecular complexity index is 798. The van der Waals surface area contributed by atoms with Crippen molar-refractivity contribution in [2.45, 2.75) is 6.54 Å². The van der Waals surface area contributed by atoms with Gasteiger partial charge in [0.25, 0.3) is 0 Å². The number of nitrogen functional groups attached to an aromatic ring is 1. The van der Waals surface area contributed by atoms with Crippen LogP contribution in [0, 0.1) is 0 Å². The van der Waals surface area contributed by atoms with Crippen LogP contribution in [0.2, 0.25) is 15.2 Å². The summed E-state index contributed by atoms with van der Waals surface area (Å²) in [5.41, 5.74) is 7.32. The second-order valence-corrected chi connectivity index (χ2v) is 5.47. The zero-order chi connectivity index (χ0) is 14.3. The van der Waals surface area contributed by atoms with Crippen LogP contribution < -0.4 is 5.73 Å². The SMILES string of the molecule is Nc1nc(Cl)c2ccn(Cc3ccc(Cl)c(Cl)c3)c2n1. The highest BCUT2D eigenvalue weighted by Gasteiger charge is 2.09. The normalized spacial score (nSPS) is 11.2. The molecule has 2 aromatic heterocycles. The number of hydrogen-bond donors (Lipinski definition) is 1. The zero-order valence-electron chi connectivity index (χ0n) is 10.1. The monoisotopic (exact) mass is 326 g/mol. The maximum Gasteiger partial charge on any atom is 0.223 e. The predicted octanol–water partition coefficient (Wildman–Crippen LogP) is 4.02. The smallest absolute Gasteiger partial charge is 0.223 e. The second-order valence-electron chi connectivity index (χ2n) is 4.30. The Morgan fingerprint density at radius 1 is 1.05 bits per heavy atom. The Morgan fingerprint density at radius 3 is 2.60 bits per heavy atom. The van der Waals surface area contributed by atoms with Gasteiger partial charge < -0.3 is 10.3 Å². The zero-order valence-corrected chi connectivity index (χ0v) is 12.4. The van der Waals surface area contributed by atoms with Gasteiger partial charge in [0, 0.05) is 12.7 Å². The molecule has 0 fully saturated rings. The third-order valence-corrected chi connectivity index (χ3v) is 3.95. The summed E-state index contributed by atoms with van der Waals surface area (Å²) in [4.78, 5) is 8.15. The van der Waals surface area contributed by atoms with E-state index in [0.717, 1.165) is 10.9 Å². The molecule has 0 unspecified atom stereocenters. The number of benzene rings is 1. The van der Waals surface area contributed by atoms with Gasteiger partial charge in [-0.25, -0.2) is 4.98 Å². The molecular formula is C13H9Cl3N4. The summed E-state index contributed by atoms with van der Waals surface area (Å²) < 4.78 is 1.93. The van der Waals surface area contributed by atoms with Crippen LogP contribution in [-0.2, 0) is 6.54 Å². The number of aromatic nitrogens is 3. The van der Waals surface area contributed by atoms with Crippen LogP contribution in [0.5, 0.6) is 0 Å². The number of nitrogens with zero attached hydrogens (tertiary/aromatic N) is 3. The number of fused-ring (bicyclic) bond motifs is 1. The van der Waals surface area contributed by atoms with E-state index in [1.54, 1.807) is 6.07 Å². The Balaban J connectivity index is 2.04. The summed E-state index contributed by atoms with van der Waals surface area (Å²) in [6.07, 6.45) is 1.88. The number of hydrogen-bond acceptors (Lipinski definition) is 3. The molecule has 0 bridgehead atoms. The molecule has 0 radical (unpaired) electrons. The maximum absolute atomic E-state index is 6.04. The van der Waals surface area contributed by atoms with Gasteiger partial charge in [0.1, 0.15) is 10.8 Å². The molecule has 0 saturated carbocycles. The first-order valence-electron chi connectivity index (χ1n) is 5.76. The topological polar surface area (TPSA) is 56.7 Å². The minimum absolute atomic E-state index is 0.150. The molecule has 3 aromatic rings.